The highest BCUT2D eigenvalue weighted by molar-refractivity contribution is 5.98. The van der Waals surface area contributed by atoms with Gasteiger partial charge in [0.05, 0.1) is 6.26 Å². The number of ether oxygens (including phenoxy) is 1. The van der Waals surface area contributed by atoms with Crippen LogP contribution in [0, 0.1) is 6.92 Å². The Morgan fingerprint density at radius 1 is 1.21 bits per heavy atom. The molecule has 128 valence electrons. The number of hydrogen-bond acceptors (Lipinski definition) is 4. The number of anilines is 1. The van der Waals surface area contributed by atoms with E-state index in [1.807, 2.05) is 24.3 Å². The van der Waals surface area contributed by atoms with E-state index < -0.39 is 12.1 Å². The van der Waals surface area contributed by atoms with Gasteiger partial charge in [-0.1, -0.05) is 32.0 Å². The van der Waals surface area contributed by atoms with E-state index in [1.165, 1.54) is 12.3 Å². The van der Waals surface area contributed by atoms with Crippen LogP contribution in [0.5, 0.6) is 0 Å². The van der Waals surface area contributed by atoms with Crippen LogP contribution in [-0.2, 0) is 9.53 Å². The molecule has 0 saturated carbocycles. The molecule has 2 rings (SSSR count). The number of carbonyl (C=O) groups excluding carboxylic acids is 2. The maximum absolute atomic E-state index is 12.4. The average molecular weight is 329 g/mol. The van der Waals surface area contributed by atoms with Gasteiger partial charge in [0.2, 0.25) is 0 Å². The van der Waals surface area contributed by atoms with E-state index in [4.69, 9.17) is 9.15 Å². The van der Waals surface area contributed by atoms with Crippen LogP contribution in [0.25, 0.3) is 0 Å². The summed E-state index contributed by atoms with van der Waals surface area (Å²) >= 11 is 0. The highest BCUT2D eigenvalue weighted by Crippen LogP contribution is 2.26. The predicted octanol–water partition coefficient (Wildman–Crippen LogP) is 4.29. The molecule has 2 atom stereocenters. The minimum Gasteiger partial charge on any atom is -0.469 e. The van der Waals surface area contributed by atoms with E-state index >= 15 is 0 Å². The van der Waals surface area contributed by atoms with Crippen molar-refractivity contribution >= 4 is 17.6 Å². The fourth-order valence-electron chi connectivity index (χ4n) is 2.37. The molecule has 0 aliphatic carbocycles. The van der Waals surface area contributed by atoms with Gasteiger partial charge in [0, 0.05) is 5.69 Å². The van der Waals surface area contributed by atoms with Crippen molar-refractivity contribution < 1.29 is 18.7 Å². The summed E-state index contributed by atoms with van der Waals surface area (Å²) in [4.78, 5) is 24.4. The fraction of sp³-hybridized carbons (Fsp3) is 0.368. The standard InChI is InChI=1S/C19H23NO4/c1-5-12(2)15-8-6-7-9-17(15)20-18(21)14(4)24-19(22)16-10-11-23-13(16)3/h6-12,14H,5H2,1-4H3,(H,20,21)/t12-,14-/m0/s1. The first-order chi connectivity index (χ1) is 11.4. The second-order valence-electron chi connectivity index (χ2n) is 5.82. The zero-order valence-electron chi connectivity index (χ0n) is 14.5. The van der Waals surface area contributed by atoms with Gasteiger partial charge in [-0.15, -0.1) is 0 Å². The Bertz CT molecular complexity index is 720. The molecule has 2 aromatic rings. The van der Waals surface area contributed by atoms with Crippen molar-refractivity contribution in [2.24, 2.45) is 0 Å². The first-order valence-corrected chi connectivity index (χ1v) is 8.08. The molecule has 0 aliphatic heterocycles. The van der Waals surface area contributed by atoms with E-state index in [2.05, 4.69) is 19.2 Å². The average Bonchev–Trinajstić information content (AvgIpc) is 3.00. The van der Waals surface area contributed by atoms with Crippen molar-refractivity contribution in [3.63, 3.8) is 0 Å². The summed E-state index contributed by atoms with van der Waals surface area (Å²) in [5.74, 6) is -0.137. The van der Waals surface area contributed by atoms with Crippen LogP contribution in [0.15, 0.2) is 41.0 Å². The molecular weight excluding hydrogens is 306 g/mol. The number of rotatable bonds is 6. The van der Waals surface area contributed by atoms with Gasteiger partial charge < -0.3 is 14.5 Å². The summed E-state index contributed by atoms with van der Waals surface area (Å²) in [6.07, 6.45) is 1.48. The van der Waals surface area contributed by atoms with E-state index in [-0.39, 0.29) is 5.91 Å². The molecule has 1 amide bonds. The number of esters is 1. The molecule has 5 nitrogen and oxygen atoms in total. The van der Waals surface area contributed by atoms with Crippen LogP contribution in [0.2, 0.25) is 0 Å². The molecule has 0 aliphatic rings. The van der Waals surface area contributed by atoms with Crippen molar-refractivity contribution in [3.8, 4) is 0 Å². The number of hydrogen-bond donors (Lipinski definition) is 1. The lowest BCUT2D eigenvalue weighted by atomic mass is 9.97. The Kier molecular flexibility index (Phi) is 5.79. The number of nitrogens with one attached hydrogen (secondary N) is 1. The summed E-state index contributed by atoms with van der Waals surface area (Å²) in [6.45, 7) is 7.43. The van der Waals surface area contributed by atoms with Crippen LogP contribution in [0.1, 0.15) is 54.8 Å². The number of carbonyl (C=O) groups is 2. The first kappa shape index (κ1) is 17.8. The third-order valence-electron chi connectivity index (χ3n) is 4.09. The molecule has 1 N–H and O–H groups in total. The Labute approximate surface area is 142 Å². The first-order valence-electron chi connectivity index (χ1n) is 8.08. The van der Waals surface area contributed by atoms with Gasteiger partial charge >= 0.3 is 5.97 Å². The van der Waals surface area contributed by atoms with Gasteiger partial charge in [-0.3, -0.25) is 4.79 Å². The lowest BCUT2D eigenvalue weighted by molar-refractivity contribution is -0.123. The van der Waals surface area contributed by atoms with Gasteiger partial charge in [-0.25, -0.2) is 4.79 Å². The molecule has 1 aromatic heterocycles. The van der Waals surface area contributed by atoms with Crippen LogP contribution in [0.3, 0.4) is 0 Å². The SMILES string of the molecule is CC[C@H](C)c1ccccc1NC(=O)[C@H](C)OC(=O)c1ccoc1C. The predicted molar refractivity (Wildman–Crippen MR) is 92.1 cm³/mol. The topological polar surface area (TPSA) is 68.5 Å². The summed E-state index contributed by atoms with van der Waals surface area (Å²) in [7, 11) is 0. The summed E-state index contributed by atoms with van der Waals surface area (Å²) in [6, 6.07) is 9.19. The number of para-hydroxylation sites is 1. The third-order valence-corrected chi connectivity index (χ3v) is 4.09. The molecule has 0 spiro atoms. The maximum Gasteiger partial charge on any atom is 0.342 e. The minimum atomic E-state index is -0.906. The summed E-state index contributed by atoms with van der Waals surface area (Å²) in [5, 5.41) is 2.85. The Hall–Kier alpha value is -2.56. The van der Waals surface area contributed by atoms with Gasteiger partial charge in [0.25, 0.3) is 5.91 Å². The Balaban J connectivity index is 2.05. The van der Waals surface area contributed by atoms with Crippen molar-refractivity contribution in [1.82, 2.24) is 0 Å². The third kappa shape index (κ3) is 4.04. The molecule has 24 heavy (non-hydrogen) atoms. The van der Waals surface area contributed by atoms with Crippen LogP contribution < -0.4 is 5.32 Å². The lowest BCUT2D eigenvalue weighted by Gasteiger charge is -2.18. The Morgan fingerprint density at radius 2 is 1.92 bits per heavy atom. The molecule has 0 saturated heterocycles. The van der Waals surface area contributed by atoms with Crippen molar-refractivity contribution in [1.29, 1.82) is 0 Å². The number of benzene rings is 1. The van der Waals surface area contributed by atoms with Gasteiger partial charge in [-0.2, -0.15) is 0 Å². The normalized spacial score (nSPS) is 13.2. The van der Waals surface area contributed by atoms with E-state index in [9.17, 15) is 9.59 Å². The molecule has 0 radical (unpaired) electrons. The quantitative estimate of drug-likeness (QED) is 0.803. The minimum absolute atomic E-state index is 0.327. The van der Waals surface area contributed by atoms with E-state index in [1.54, 1.807) is 13.8 Å². The molecule has 0 bridgehead atoms. The van der Waals surface area contributed by atoms with Crippen LogP contribution in [0.4, 0.5) is 5.69 Å². The highest BCUT2D eigenvalue weighted by Gasteiger charge is 2.22. The smallest absolute Gasteiger partial charge is 0.342 e. The largest absolute Gasteiger partial charge is 0.469 e. The van der Waals surface area contributed by atoms with Crippen molar-refractivity contribution in [2.45, 2.75) is 46.1 Å². The van der Waals surface area contributed by atoms with Crippen LogP contribution >= 0.6 is 0 Å². The van der Waals surface area contributed by atoms with Gasteiger partial charge in [0.1, 0.15) is 11.3 Å². The zero-order valence-corrected chi connectivity index (χ0v) is 14.5. The molecule has 1 aromatic carbocycles. The molecule has 0 fully saturated rings. The van der Waals surface area contributed by atoms with Gasteiger partial charge in [0.15, 0.2) is 6.10 Å². The number of amides is 1. The number of aryl methyl sites for hydroxylation is 1. The molecule has 5 heteroatoms. The van der Waals surface area contributed by atoms with Crippen molar-refractivity contribution in [2.75, 3.05) is 5.32 Å². The fourth-order valence-corrected chi connectivity index (χ4v) is 2.37. The highest BCUT2D eigenvalue weighted by atomic mass is 16.5. The monoisotopic (exact) mass is 329 g/mol. The molecular formula is C19H23NO4. The lowest BCUT2D eigenvalue weighted by Crippen LogP contribution is -2.30. The molecule has 1 heterocycles. The second kappa shape index (κ2) is 7.81. The maximum atomic E-state index is 12.4. The Morgan fingerprint density at radius 3 is 2.54 bits per heavy atom. The number of furan rings is 1. The zero-order chi connectivity index (χ0) is 17.7. The van der Waals surface area contributed by atoms with Gasteiger partial charge in [-0.05, 0) is 43.9 Å². The van der Waals surface area contributed by atoms with Crippen molar-refractivity contribution in [3.05, 3.63) is 53.5 Å². The second-order valence-corrected chi connectivity index (χ2v) is 5.82. The van der Waals surface area contributed by atoms with Crippen LogP contribution in [-0.4, -0.2) is 18.0 Å². The summed E-state index contributed by atoms with van der Waals surface area (Å²) in [5.41, 5.74) is 2.14. The molecule has 0 unspecified atom stereocenters. The van der Waals surface area contributed by atoms with E-state index in [0.29, 0.717) is 17.2 Å². The summed E-state index contributed by atoms with van der Waals surface area (Å²) < 4.78 is 10.3. The van der Waals surface area contributed by atoms with E-state index in [0.717, 1.165) is 17.7 Å².